The van der Waals surface area contributed by atoms with E-state index in [4.69, 9.17) is 10.5 Å². The van der Waals surface area contributed by atoms with Crippen molar-refractivity contribution in [2.45, 2.75) is 39.7 Å². The lowest BCUT2D eigenvalue weighted by atomic mass is 9.79. The summed E-state index contributed by atoms with van der Waals surface area (Å²) in [5, 5.41) is 0. The number of ether oxygens (including phenoxy) is 1. The number of carbonyl (C=O) groups excluding carboxylic acids is 1. The van der Waals surface area contributed by atoms with Gasteiger partial charge in [-0.1, -0.05) is 26.8 Å². The second-order valence-electron chi connectivity index (χ2n) is 6.49. The van der Waals surface area contributed by atoms with Crippen molar-refractivity contribution in [2.75, 3.05) is 19.7 Å². The lowest BCUT2D eigenvalue weighted by molar-refractivity contribution is 0.0532. The van der Waals surface area contributed by atoms with E-state index in [0.29, 0.717) is 18.7 Å². The van der Waals surface area contributed by atoms with Crippen molar-refractivity contribution in [3.05, 3.63) is 29.8 Å². The summed E-state index contributed by atoms with van der Waals surface area (Å²) in [4.78, 5) is 14.6. The molecule has 1 fully saturated rings. The molecule has 0 saturated carbocycles. The highest BCUT2D eigenvalue weighted by Gasteiger charge is 2.35. The lowest BCUT2D eigenvalue weighted by Gasteiger charge is -2.42. The van der Waals surface area contributed by atoms with Gasteiger partial charge in [0.2, 0.25) is 0 Å². The van der Waals surface area contributed by atoms with Gasteiger partial charge in [0.15, 0.2) is 0 Å². The van der Waals surface area contributed by atoms with Crippen molar-refractivity contribution in [1.29, 1.82) is 0 Å². The van der Waals surface area contributed by atoms with Gasteiger partial charge in [0.1, 0.15) is 5.75 Å². The number of amides is 1. The first-order chi connectivity index (χ1) is 9.94. The minimum absolute atomic E-state index is 0. The fraction of sp³-hybridized carbons (Fsp3) is 0.588. The van der Waals surface area contributed by atoms with Gasteiger partial charge >= 0.3 is 0 Å². The topological polar surface area (TPSA) is 55.6 Å². The lowest BCUT2D eigenvalue weighted by Crippen LogP contribution is -2.53. The Labute approximate surface area is 139 Å². The van der Waals surface area contributed by atoms with Crippen LogP contribution < -0.4 is 10.5 Å². The van der Waals surface area contributed by atoms with Crippen molar-refractivity contribution >= 4 is 18.3 Å². The first-order valence-corrected chi connectivity index (χ1v) is 7.72. The Morgan fingerprint density at radius 2 is 2.18 bits per heavy atom. The third-order valence-corrected chi connectivity index (χ3v) is 4.15. The molecule has 1 aliphatic heterocycles. The van der Waals surface area contributed by atoms with Gasteiger partial charge in [-0.15, -0.1) is 12.4 Å². The van der Waals surface area contributed by atoms with Gasteiger partial charge in [-0.05, 0) is 36.5 Å². The minimum atomic E-state index is -0.0375. The number of nitrogens with zero attached hydrogens (tertiary/aromatic N) is 1. The summed E-state index contributed by atoms with van der Waals surface area (Å²) < 4.78 is 5.60. The zero-order chi connectivity index (χ0) is 15.5. The SMILES string of the molecule is CCCOc1cccc(C(=O)N2CCC(N)C(C)(C)C2)c1.Cl. The van der Waals surface area contributed by atoms with Crippen molar-refractivity contribution < 1.29 is 9.53 Å². The van der Waals surface area contributed by atoms with E-state index in [9.17, 15) is 4.79 Å². The Hall–Kier alpha value is -1.26. The largest absolute Gasteiger partial charge is 0.494 e. The number of benzene rings is 1. The number of nitrogens with two attached hydrogens (primary N) is 1. The molecule has 1 saturated heterocycles. The Morgan fingerprint density at radius 1 is 1.45 bits per heavy atom. The highest BCUT2D eigenvalue weighted by atomic mass is 35.5. The zero-order valence-corrected chi connectivity index (χ0v) is 14.5. The fourth-order valence-electron chi connectivity index (χ4n) is 2.67. The van der Waals surface area contributed by atoms with E-state index >= 15 is 0 Å². The number of carbonyl (C=O) groups is 1. The fourth-order valence-corrected chi connectivity index (χ4v) is 2.67. The Kier molecular flexibility index (Phi) is 6.69. The molecular weight excluding hydrogens is 300 g/mol. The first kappa shape index (κ1) is 18.8. The molecule has 4 nitrogen and oxygen atoms in total. The molecule has 0 aromatic heterocycles. The standard InChI is InChI=1S/C17H26N2O2.ClH/c1-4-10-21-14-7-5-6-13(11-14)16(20)19-9-8-15(18)17(2,3)12-19;/h5-7,11,15H,4,8-10,12,18H2,1-3H3;1H. The third kappa shape index (κ3) is 4.37. The molecule has 124 valence electrons. The maximum Gasteiger partial charge on any atom is 0.254 e. The van der Waals surface area contributed by atoms with Gasteiger partial charge in [0, 0.05) is 24.7 Å². The van der Waals surface area contributed by atoms with Crippen LogP contribution in [-0.2, 0) is 0 Å². The van der Waals surface area contributed by atoms with Crippen LogP contribution in [0.15, 0.2) is 24.3 Å². The van der Waals surface area contributed by atoms with Crippen LogP contribution in [0.3, 0.4) is 0 Å². The maximum absolute atomic E-state index is 12.6. The van der Waals surface area contributed by atoms with E-state index in [-0.39, 0.29) is 29.8 Å². The first-order valence-electron chi connectivity index (χ1n) is 7.72. The molecule has 0 radical (unpaired) electrons. The summed E-state index contributed by atoms with van der Waals surface area (Å²) in [5.41, 5.74) is 6.79. The van der Waals surface area contributed by atoms with Gasteiger partial charge in [-0.3, -0.25) is 4.79 Å². The summed E-state index contributed by atoms with van der Waals surface area (Å²) in [6, 6.07) is 7.60. The Morgan fingerprint density at radius 3 is 2.82 bits per heavy atom. The van der Waals surface area contributed by atoms with Crippen LogP contribution >= 0.6 is 12.4 Å². The monoisotopic (exact) mass is 326 g/mol. The van der Waals surface area contributed by atoms with Gasteiger partial charge < -0.3 is 15.4 Å². The van der Waals surface area contributed by atoms with E-state index in [1.807, 2.05) is 29.2 Å². The summed E-state index contributed by atoms with van der Waals surface area (Å²) in [6.45, 7) is 8.41. The van der Waals surface area contributed by atoms with Gasteiger partial charge in [0.05, 0.1) is 6.61 Å². The molecule has 1 unspecified atom stereocenters. The molecule has 1 amide bonds. The van der Waals surface area contributed by atoms with Crippen molar-refractivity contribution in [3.8, 4) is 5.75 Å². The summed E-state index contributed by atoms with van der Waals surface area (Å²) >= 11 is 0. The summed E-state index contributed by atoms with van der Waals surface area (Å²) in [5.74, 6) is 0.826. The molecule has 1 aliphatic rings. The molecule has 0 aliphatic carbocycles. The minimum Gasteiger partial charge on any atom is -0.494 e. The maximum atomic E-state index is 12.6. The van der Waals surface area contributed by atoms with Crippen LogP contribution in [0.25, 0.3) is 0 Å². The van der Waals surface area contributed by atoms with Crippen LogP contribution in [-0.4, -0.2) is 36.5 Å². The molecule has 2 N–H and O–H groups in total. The number of likely N-dealkylation sites (tertiary alicyclic amines) is 1. The van der Waals surface area contributed by atoms with Crippen LogP contribution in [0.2, 0.25) is 0 Å². The second-order valence-corrected chi connectivity index (χ2v) is 6.49. The number of piperidine rings is 1. The number of halogens is 1. The van der Waals surface area contributed by atoms with Crippen molar-refractivity contribution in [1.82, 2.24) is 4.90 Å². The van der Waals surface area contributed by atoms with Gasteiger partial charge in [-0.2, -0.15) is 0 Å². The summed E-state index contributed by atoms with van der Waals surface area (Å²) in [7, 11) is 0. The number of hydrogen-bond donors (Lipinski definition) is 1. The van der Waals surface area contributed by atoms with E-state index in [1.165, 1.54) is 0 Å². The smallest absolute Gasteiger partial charge is 0.254 e. The van der Waals surface area contributed by atoms with E-state index < -0.39 is 0 Å². The molecule has 0 spiro atoms. The average molecular weight is 327 g/mol. The molecular formula is C17H27ClN2O2. The highest BCUT2D eigenvalue weighted by Crippen LogP contribution is 2.29. The molecule has 2 rings (SSSR count). The Balaban J connectivity index is 0.00000242. The normalized spacial score (nSPS) is 20.2. The molecule has 1 aromatic rings. The molecule has 1 atom stereocenters. The molecule has 5 heteroatoms. The predicted octanol–water partition coefficient (Wildman–Crippen LogP) is 3.10. The van der Waals surface area contributed by atoms with E-state index in [0.717, 1.165) is 25.1 Å². The van der Waals surface area contributed by atoms with Crippen LogP contribution in [0.1, 0.15) is 44.0 Å². The van der Waals surface area contributed by atoms with Crippen molar-refractivity contribution in [2.24, 2.45) is 11.1 Å². The number of rotatable bonds is 4. The number of hydrogen-bond acceptors (Lipinski definition) is 3. The molecule has 0 bridgehead atoms. The average Bonchev–Trinajstić information content (AvgIpc) is 2.47. The predicted molar refractivity (Wildman–Crippen MR) is 91.8 cm³/mol. The molecule has 1 aromatic carbocycles. The van der Waals surface area contributed by atoms with Crippen LogP contribution in [0.5, 0.6) is 5.75 Å². The van der Waals surface area contributed by atoms with Crippen LogP contribution in [0, 0.1) is 5.41 Å². The second kappa shape index (κ2) is 7.84. The van der Waals surface area contributed by atoms with Gasteiger partial charge in [0.25, 0.3) is 5.91 Å². The molecule has 1 heterocycles. The van der Waals surface area contributed by atoms with Crippen LogP contribution in [0.4, 0.5) is 0 Å². The van der Waals surface area contributed by atoms with Crippen molar-refractivity contribution in [3.63, 3.8) is 0 Å². The zero-order valence-electron chi connectivity index (χ0n) is 13.7. The Bertz CT molecular complexity index is 505. The summed E-state index contributed by atoms with van der Waals surface area (Å²) in [6.07, 6.45) is 1.81. The highest BCUT2D eigenvalue weighted by molar-refractivity contribution is 5.94. The quantitative estimate of drug-likeness (QED) is 0.925. The van der Waals surface area contributed by atoms with Gasteiger partial charge in [-0.25, -0.2) is 0 Å². The van der Waals surface area contributed by atoms with E-state index in [2.05, 4.69) is 20.8 Å². The third-order valence-electron chi connectivity index (χ3n) is 4.15. The van der Waals surface area contributed by atoms with E-state index in [1.54, 1.807) is 0 Å². The molecule has 22 heavy (non-hydrogen) atoms.